The number of fused-ring (bicyclic) bond motifs is 4. The molecule has 0 N–H and O–H groups in total. The van der Waals surface area contributed by atoms with Crippen molar-refractivity contribution in [2.24, 2.45) is 0 Å². The van der Waals surface area contributed by atoms with E-state index in [2.05, 4.69) is 184 Å². The summed E-state index contributed by atoms with van der Waals surface area (Å²) in [7, 11) is 18.0. The third kappa shape index (κ3) is 5.35. The van der Waals surface area contributed by atoms with Crippen LogP contribution in [-0.4, -0.2) is 6.66 Å². The number of allylic oxidation sites excluding steroid dienone is 2. The van der Waals surface area contributed by atoms with Gasteiger partial charge >= 0.3 is 326 Å². The van der Waals surface area contributed by atoms with Crippen LogP contribution in [0, 0.1) is 0 Å². The van der Waals surface area contributed by atoms with Crippen LogP contribution in [0.25, 0.3) is 56.0 Å². The Labute approximate surface area is 323 Å². The molecule has 9 rings (SSSR count). The zero-order valence-electron chi connectivity index (χ0n) is 30.5. The molecule has 0 fully saturated rings. The fourth-order valence-corrected chi connectivity index (χ4v) is 37.9. The normalized spacial score (nSPS) is 17.9. The molecule has 2 aliphatic rings. The summed E-state index contributed by atoms with van der Waals surface area (Å²) >= 11 is -4.89. The van der Waals surface area contributed by atoms with Crippen molar-refractivity contribution >= 4 is 64.2 Å². The Kier molecular flexibility index (Phi) is 8.81. The van der Waals surface area contributed by atoms with Gasteiger partial charge in [0.2, 0.25) is 0 Å². The molecule has 0 radical (unpaired) electrons. The molecule has 0 amide bonds. The number of rotatable bonds is 8. The SMILES string of the molecule is CCC1=Cc2c(-c3cccc4ccccc34)cccc2[CH]1[Ti]([Cl])([Cl])([CH]1C(CC)=Cc2c(-c3cccc4ccccc34)cccc21)[SiH](C)c1ccccc1. The van der Waals surface area contributed by atoms with E-state index in [1.165, 1.54) is 82.4 Å². The van der Waals surface area contributed by atoms with E-state index >= 15 is 0 Å². The van der Waals surface area contributed by atoms with Crippen LogP contribution in [0.4, 0.5) is 0 Å². The molecule has 2 aliphatic carbocycles. The van der Waals surface area contributed by atoms with Gasteiger partial charge in [-0.1, -0.05) is 0 Å². The Morgan fingerprint density at radius 2 is 0.868 bits per heavy atom. The number of hydrogen-bond donors (Lipinski definition) is 0. The van der Waals surface area contributed by atoms with Crippen molar-refractivity contribution in [2.45, 2.75) is 41.7 Å². The van der Waals surface area contributed by atoms with Gasteiger partial charge in [-0.15, -0.1) is 0 Å². The van der Waals surface area contributed by atoms with E-state index in [1.54, 1.807) is 0 Å². The zero-order valence-corrected chi connectivity index (χ0v) is 34.7. The summed E-state index contributed by atoms with van der Waals surface area (Å²) in [6.45, 7) is 5.03. The first-order valence-corrected chi connectivity index (χ1v) is 30.2. The van der Waals surface area contributed by atoms with E-state index in [-0.39, 0.29) is 8.45 Å². The summed E-state index contributed by atoms with van der Waals surface area (Å²) in [5.41, 5.74) is 13.1. The van der Waals surface area contributed by atoms with Crippen molar-refractivity contribution < 1.29 is 12.4 Å². The molecule has 53 heavy (non-hydrogen) atoms. The Morgan fingerprint density at radius 1 is 0.472 bits per heavy atom. The summed E-state index contributed by atoms with van der Waals surface area (Å²) in [4.78, 5) is 0. The Bertz CT molecular complexity index is 2450. The molecular formula is C49H43Cl2SiTi. The van der Waals surface area contributed by atoms with Crippen LogP contribution in [0.3, 0.4) is 0 Å². The molecule has 0 aliphatic heterocycles. The molecule has 3 unspecified atom stereocenters. The predicted molar refractivity (Wildman–Crippen MR) is 232 cm³/mol. The number of benzene rings is 7. The molecule has 0 saturated heterocycles. The van der Waals surface area contributed by atoms with E-state index in [1.807, 2.05) is 0 Å². The van der Waals surface area contributed by atoms with Crippen LogP contribution in [0.5, 0.6) is 0 Å². The minimum atomic E-state index is -4.89. The first-order chi connectivity index (χ1) is 25.8. The monoisotopic (exact) mass is 777 g/mol. The molecule has 7 aromatic rings. The van der Waals surface area contributed by atoms with Crippen molar-refractivity contribution in [3.8, 4) is 22.3 Å². The van der Waals surface area contributed by atoms with Gasteiger partial charge in [0.1, 0.15) is 0 Å². The maximum absolute atomic E-state index is 9.02. The minimum absolute atomic E-state index is 0.0146. The van der Waals surface area contributed by atoms with Crippen LogP contribution in [0.1, 0.15) is 57.4 Å². The summed E-state index contributed by atoms with van der Waals surface area (Å²) in [5.74, 6) is 0. The Morgan fingerprint density at radius 3 is 1.34 bits per heavy atom. The second kappa shape index (κ2) is 13.4. The molecule has 0 spiro atoms. The molecule has 0 bridgehead atoms. The fourth-order valence-electron chi connectivity index (χ4n) is 9.96. The van der Waals surface area contributed by atoms with Gasteiger partial charge in [0.25, 0.3) is 0 Å². The van der Waals surface area contributed by atoms with Crippen LogP contribution in [0.15, 0.2) is 163 Å². The predicted octanol–water partition coefficient (Wildman–Crippen LogP) is 14.0. The van der Waals surface area contributed by atoms with E-state index in [9.17, 15) is 0 Å². The molecule has 261 valence electrons. The first kappa shape index (κ1) is 34.8. The average molecular weight is 779 g/mol. The van der Waals surface area contributed by atoms with Gasteiger partial charge in [-0.25, -0.2) is 0 Å². The van der Waals surface area contributed by atoms with Crippen molar-refractivity contribution in [3.63, 3.8) is 0 Å². The molecule has 0 aromatic heterocycles. The van der Waals surface area contributed by atoms with Crippen molar-refractivity contribution in [2.75, 3.05) is 0 Å². The first-order valence-electron chi connectivity index (χ1n) is 19.1. The molecule has 4 heteroatoms. The quantitative estimate of drug-likeness (QED) is 0.135. The third-order valence-electron chi connectivity index (χ3n) is 12.5. The van der Waals surface area contributed by atoms with E-state index in [0.29, 0.717) is 0 Å². The summed E-state index contributed by atoms with van der Waals surface area (Å²) < 4.78 is -0.0292. The molecule has 0 saturated carbocycles. The van der Waals surface area contributed by atoms with Gasteiger partial charge in [-0.3, -0.25) is 0 Å². The van der Waals surface area contributed by atoms with Crippen LogP contribution in [-0.2, 0) is 12.4 Å². The molecule has 0 heterocycles. The fraction of sp³-hybridized carbons (Fsp3) is 0.143. The summed E-state index contributed by atoms with van der Waals surface area (Å²) in [6, 6.07) is 55.7. The Balaban J connectivity index is 1.31. The van der Waals surface area contributed by atoms with E-state index in [4.69, 9.17) is 18.6 Å². The van der Waals surface area contributed by atoms with Gasteiger partial charge in [0.05, 0.1) is 0 Å². The molecule has 3 atom stereocenters. The third-order valence-corrected chi connectivity index (χ3v) is 44.9. The second-order valence-electron chi connectivity index (χ2n) is 15.0. The second-order valence-corrected chi connectivity index (χ2v) is 42.7. The topological polar surface area (TPSA) is 0 Å². The van der Waals surface area contributed by atoms with Crippen molar-refractivity contribution in [1.29, 1.82) is 0 Å². The van der Waals surface area contributed by atoms with E-state index in [0.717, 1.165) is 12.8 Å². The van der Waals surface area contributed by atoms with Gasteiger partial charge in [0, 0.05) is 0 Å². The van der Waals surface area contributed by atoms with Crippen molar-refractivity contribution in [1.82, 2.24) is 0 Å². The Hall–Kier alpha value is -3.95. The maximum atomic E-state index is 9.02. The number of halogens is 2. The number of hydrogen-bond acceptors (Lipinski definition) is 0. The van der Waals surface area contributed by atoms with Gasteiger partial charge < -0.3 is 0 Å². The van der Waals surface area contributed by atoms with Crippen LogP contribution in [0.2, 0.25) is 6.55 Å². The van der Waals surface area contributed by atoms with Gasteiger partial charge in [-0.05, 0) is 0 Å². The summed E-state index contributed by atoms with van der Waals surface area (Å²) in [5, 5.41) is 6.40. The van der Waals surface area contributed by atoms with Crippen molar-refractivity contribution in [3.05, 3.63) is 185 Å². The van der Waals surface area contributed by atoms with Crippen LogP contribution >= 0.6 is 18.6 Å². The standard InChI is InChI=1S/2C21H17.C7H9Si.2ClH.Ti/c2*1-2-15-13-17-9-6-12-20(21(17)14-15)19-11-5-8-16-7-3-4-10-18(16)19;1-8-7-5-3-2-4-6-7;;;/h2*3-14H,2H2,1H3;2-6,8H,1H3;2*1H;/q;;;;;+2/p-2. The molecule has 0 nitrogen and oxygen atoms in total. The van der Waals surface area contributed by atoms with Gasteiger partial charge in [0.15, 0.2) is 0 Å². The van der Waals surface area contributed by atoms with Gasteiger partial charge in [-0.2, -0.15) is 0 Å². The average Bonchev–Trinajstić information content (AvgIpc) is 3.81. The molecule has 7 aromatic carbocycles. The molecular weight excluding hydrogens is 735 g/mol. The van der Waals surface area contributed by atoms with Crippen LogP contribution < -0.4 is 5.19 Å². The zero-order chi connectivity index (χ0) is 36.3. The van der Waals surface area contributed by atoms with E-state index < -0.39 is 19.1 Å². The summed E-state index contributed by atoms with van der Waals surface area (Å²) in [6.07, 6.45) is 6.77.